The fourth-order valence-electron chi connectivity index (χ4n) is 3.13. The van der Waals surface area contributed by atoms with Crippen LogP contribution in [0.2, 0.25) is 0 Å². The molecule has 0 bridgehead atoms. The van der Waals surface area contributed by atoms with Crippen molar-refractivity contribution >= 4 is 0 Å². The van der Waals surface area contributed by atoms with E-state index in [0.29, 0.717) is 5.41 Å². The molecule has 1 aromatic heterocycles. The van der Waals surface area contributed by atoms with Crippen LogP contribution in [0.3, 0.4) is 0 Å². The number of aromatic amines is 1. The van der Waals surface area contributed by atoms with Crippen LogP contribution in [-0.4, -0.2) is 18.6 Å². The molecule has 1 unspecified atom stereocenters. The summed E-state index contributed by atoms with van der Waals surface area (Å²) in [5.41, 5.74) is 3.82. The molecule has 0 amide bonds. The van der Waals surface area contributed by atoms with Crippen molar-refractivity contribution in [2.45, 2.75) is 31.6 Å². The molecule has 14 heavy (non-hydrogen) atoms. The van der Waals surface area contributed by atoms with E-state index in [1.54, 1.807) is 11.1 Å². The number of hydrogen-bond donors (Lipinski definition) is 2. The molecule has 0 radical (unpaired) electrons. The van der Waals surface area contributed by atoms with Gasteiger partial charge in [-0.1, -0.05) is 0 Å². The normalized spacial score (nSPS) is 27.6. The van der Waals surface area contributed by atoms with Crippen LogP contribution in [0.5, 0.6) is 0 Å². The molecule has 1 spiro atoms. The summed E-state index contributed by atoms with van der Waals surface area (Å²) in [4.78, 5) is 3.27. The monoisotopic (exact) mass is 190 g/mol. The number of rotatable bonds is 2. The lowest BCUT2D eigenvalue weighted by Gasteiger charge is -2.32. The van der Waals surface area contributed by atoms with Crippen LogP contribution >= 0.6 is 0 Å². The Kier molecular flexibility index (Phi) is 1.75. The van der Waals surface area contributed by atoms with Crippen molar-refractivity contribution in [1.29, 1.82) is 0 Å². The van der Waals surface area contributed by atoms with Crippen molar-refractivity contribution in [3.05, 3.63) is 23.5 Å². The fourth-order valence-corrected chi connectivity index (χ4v) is 3.13. The first-order valence-electron chi connectivity index (χ1n) is 5.66. The van der Waals surface area contributed by atoms with Gasteiger partial charge >= 0.3 is 0 Å². The van der Waals surface area contributed by atoms with Crippen molar-refractivity contribution in [3.63, 3.8) is 0 Å². The third-order valence-corrected chi connectivity index (χ3v) is 4.17. The van der Waals surface area contributed by atoms with E-state index in [4.69, 9.17) is 0 Å². The lowest BCUT2D eigenvalue weighted by molar-refractivity contribution is 0.341. The predicted molar refractivity (Wildman–Crippen MR) is 57.4 cm³/mol. The first-order valence-corrected chi connectivity index (χ1v) is 5.66. The average Bonchev–Trinajstić information content (AvgIpc) is 2.79. The van der Waals surface area contributed by atoms with Crippen LogP contribution in [0.4, 0.5) is 0 Å². The lowest BCUT2D eigenvalue weighted by atomic mass is 9.74. The summed E-state index contributed by atoms with van der Waals surface area (Å²) in [6.07, 6.45) is 10.0. The zero-order valence-corrected chi connectivity index (χ0v) is 8.77. The molecule has 1 fully saturated rings. The number of nitrogens with one attached hydrogen (secondary N) is 2. The molecule has 1 saturated carbocycles. The molecule has 0 aromatic carbocycles. The number of likely N-dealkylation sites (N-methyl/N-ethyl adjacent to an activating group) is 1. The van der Waals surface area contributed by atoms with Gasteiger partial charge in [0.2, 0.25) is 0 Å². The Balaban J connectivity index is 1.97. The number of hydrogen-bond acceptors (Lipinski definition) is 1. The zero-order chi connectivity index (χ0) is 9.60. The van der Waals surface area contributed by atoms with Crippen molar-refractivity contribution in [3.8, 4) is 0 Å². The largest absolute Gasteiger partial charge is 0.367 e. The SMILES string of the molecule is CNCC1c2c[nH]cc2CCC12CC2. The quantitative estimate of drug-likeness (QED) is 0.734. The highest BCUT2D eigenvalue weighted by Crippen LogP contribution is 2.61. The molecule has 76 valence electrons. The summed E-state index contributed by atoms with van der Waals surface area (Å²) >= 11 is 0. The Bertz CT molecular complexity index is 336. The third-order valence-electron chi connectivity index (χ3n) is 4.17. The molecular weight excluding hydrogens is 172 g/mol. The summed E-state index contributed by atoms with van der Waals surface area (Å²) in [6.45, 7) is 1.14. The first kappa shape index (κ1) is 8.54. The Labute approximate surface area is 85.1 Å². The van der Waals surface area contributed by atoms with Gasteiger partial charge in [-0.15, -0.1) is 0 Å². The molecule has 2 heteroatoms. The van der Waals surface area contributed by atoms with Crippen LogP contribution in [0.1, 0.15) is 36.3 Å². The van der Waals surface area contributed by atoms with Gasteiger partial charge in [-0.2, -0.15) is 0 Å². The highest BCUT2D eigenvalue weighted by molar-refractivity contribution is 5.35. The molecule has 2 aliphatic carbocycles. The first-order chi connectivity index (χ1) is 6.86. The Morgan fingerprint density at radius 2 is 2.29 bits per heavy atom. The van der Waals surface area contributed by atoms with Crippen LogP contribution in [-0.2, 0) is 6.42 Å². The summed E-state index contributed by atoms with van der Waals surface area (Å²) in [6, 6.07) is 0. The summed E-state index contributed by atoms with van der Waals surface area (Å²) in [5, 5.41) is 3.35. The molecule has 0 saturated heterocycles. The average molecular weight is 190 g/mol. The third kappa shape index (κ3) is 1.07. The van der Waals surface area contributed by atoms with Gasteiger partial charge in [0.05, 0.1) is 0 Å². The highest BCUT2D eigenvalue weighted by atomic mass is 14.8. The van der Waals surface area contributed by atoms with E-state index in [0.717, 1.165) is 12.5 Å². The number of fused-ring (bicyclic) bond motifs is 1. The molecular formula is C12H18N2. The zero-order valence-electron chi connectivity index (χ0n) is 8.77. The van der Waals surface area contributed by atoms with Crippen molar-refractivity contribution in [2.75, 3.05) is 13.6 Å². The molecule has 1 atom stereocenters. The smallest absolute Gasteiger partial charge is 0.00437 e. The molecule has 2 aliphatic rings. The number of aromatic nitrogens is 1. The van der Waals surface area contributed by atoms with Gasteiger partial charge in [-0.25, -0.2) is 0 Å². The molecule has 3 rings (SSSR count). The van der Waals surface area contributed by atoms with E-state index in [9.17, 15) is 0 Å². The van der Waals surface area contributed by atoms with E-state index in [1.807, 2.05) is 0 Å². The van der Waals surface area contributed by atoms with Crippen molar-refractivity contribution in [1.82, 2.24) is 10.3 Å². The maximum atomic E-state index is 3.35. The maximum absolute atomic E-state index is 3.35. The second-order valence-electron chi connectivity index (χ2n) is 4.91. The van der Waals surface area contributed by atoms with Gasteiger partial charge in [0.15, 0.2) is 0 Å². The van der Waals surface area contributed by atoms with Crippen LogP contribution < -0.4 is 5.32 Å². The lowest BCUT2D eigenvalue weighted by Crippen LogP contribution is -2.29. The predicted octanol–water partition coefficient (Wildman–Crippen LogP) is 2.04. The molecule has 1 aromatic rings. The van der Waals surface area contributed by atoms with Gasteiger partial charge < -0.3 is 10.3 Å². The van der Waals surface area contributed by atoms with E-state index >= 15 is 0 Å². The number of aryl methyl sites for hydroxylation is 1. The second kappa shape index (κ2) is 2.86. The van der Waals surface area contributed by atoms with E-state index in [1.165, 1.54) is 25.7 Å². The topological polar surface area (TPSA) is 27.8 Å². The van der Waals surface area contributed by atoms with Crippen LogP contribution in [0, 0.1) is 5.41 Å². The minimum Gasteiger partial charge on any atom is -0.367 e. The minimum atomic E-state index is 0.679. The maximum Gasteiger partial charge on any atom is 0.00437 e. The van der Waals surface area contributed by atoms with E-state index in [2.05, 4.69) is 29.7 Å². The van der Waals surface area contributed by atoms with E-state index in [-0.39, 0.29) is 0 Å². The Hall–Kier alpha value is -0.760. The summed E-state index contributed by atoms with van der Waals surface area (Å²) in [5.74, 6) is 0.766. The van der Waals surface area contributed by atoms with Crippen molar-refractivity contribution < 1.29 is 0 Å². The Morgan fingerprint density at radius 1 is 1.43 bits per heavy atom. The number of H-pyrrole nitrogens is 1. The Morgan fingerprint density at radius 3 is 3.00 bits per heavy atom. The van der Waals surface area contributed by atoms with Crippen molar-refractivity contribution in [2.24, 2.45) is 5.41 Å². The van der Waals surface area contributed by atoms with Gasteiger partial charge in [0.25, 0.3) is 0 Å². The van der Waals surface area contributed by atoms with Gasteiger partial charge in [-0.3, -0.25) is 0 Å². The molecule has 0 aliphatic heterocycles. The summed E-state index contributed by atoms with van der Waals surface area (Å²) in [7, 11) is 2.07. The molecule has 1 heterocycles. The summed E-state index contributed by atoms with van der Waals surface area (Å²) < 4.78 is 0. The molecule has 2 nitrogen and oxygen atoms in total. The van der Waals surface area contributed by atoms with E-state index < -0.39 is 0 Å². The minimum absolute atomic E-state index is 0.679. The second-order valence-corrected chi connectivity index (χ2v) is 4.91. The van der Waals surface area contributed by atoms with Gasteiger partial charge in [-0.05, 0) is 49.3 Å². The van der Waals surface area contributed by atoms with Crippen LogP contribution in [0.15, 0.2) is 12.4 Å². The fraction of sp³-hybridized carbons (Fsp3) is 0.667. The van der Waals surface area contributed by atoms with Gasteiger partial charge in [0, 0.05) is 24.9 Å². The van der Waals surface area contributed by atoms with Crippen LogP contribution in [0.25, 0.3) is 0 Å². The standard InChI is InChI=1S/C12H18N2/c1-13-8-11-10-7-14-6-9(10)2-3-12(11)4-5-12/h6-7,11,13-14H,2-5,8H2,1H3. The molecule has 2 N–H and O–H groups in total. The highest BCUT2D eigenvalue weighted by Gasteiger charge is 2.51. The van der Waals surface area contributed by atoms with Gasteiger partial charge in [0.1, 0.15) is 0 Å².